The van der Waals surface area contributed by atoms with Crippen LogP contribution in [-0.2, 0) is 20.9 Å². The van der Waals surface area contributed by atoms with Gasteiger partial charge in [-0.3, -0.25) is 9.59 Å². The van der Waals surface area contributed by atoms with E-state index in [-0.39, 0.29) is 43.8 Å². The minimum absolute atomic E-state index is 0.114. The van der Waals surface area contributed by atoms with Crippen LogP contribution in [0.3, 0.4) is 0 Å². The molecule has 0 unspecified atom stereocenters. The van der Waals surface area contributed by atoms with Crippen molar-refractivity contribution in [2.75, 3.05) is 24.2 Å². The summed E-state index contributed by atoms with van der Waals surface area (Å²) in [6.45, 7) is 3.90. The number of carbonyl (C=O) groups is 4. The molecule has 0 aliphatic carbocycles. The number of nitrogens with one attached hydrogen (secondary N) is 3. The molecule has 1 aromatic carbocycles. The third-order valence-corrected chi connectivity index (χ3v) is 7.95. The van der Waals surface area contributed by atoms with E-state index >= 15 is 0 Å². The van der Waals surface area contributed by atoms with Crippen LogP contribution in [-0.4, -0.2) is 58.9 Å². The number of primary amides is 1. The Morgan fingerprint density at radius 2 is 1.85 bits per heavy atom. The summed E-state index contributed by atoms with van der Waals surface area (Å²) in [5, 5.41) is 18.0. The molecule has 2 rings (SSSR count). The molecule has 40 heavy (non-hydrogen) atoms. The maximum Gasteiger partial charge on any atom is 0.407 e. The molecular weight excluding hydrogens is 554 g/mol. The van der Waals surface area contributed by atoms with Gasteiger partial charge in [-0.15, -0.1) is 0 Å². The lowest BCUT2D eigenvalue weighted by atomic mass is 9.89. The van der Waals surface area contributed by atoms with Gasteiger partial charge >= 0.3 is 12.1 Å². The van der Waals surface area contributed by atoms with E-state index in [4.69, 9.17) is 10.5 Å². The number of anilines is 1. The summed E-state index contributed by atoms with van der Waals surface area (Å²) in [6, 6.07) is 10.8. The maximum absolute atomic E-state index is 13.3. The van der Waals surface area contributed by atoms with Crippen LogP contribution >= 0.6 is 21.6 Å². The van der Waals surface area contributed by atoms with Gasteiger partial charge in [0.25, 0.3) is 0 Å². The summed E-state index contributed by atoms with van der Waals surface area (Å²) in [5.41, 5.74) is 6.34. The smallest absolute Gasteiger partial charge is 0.407 e. The molecule has 0 fully saturated rings. The van der Waals surface area contributed by atoms with Crippen molar-refractivity contribution in [3.63, 3.8) is 0 Å². The van der Waals surface area contributed by atoms with Crippen molar-refractivity contribution in [2.45, 2.75) is 50.8 Å². The van der Waals surface area contributed by atoms with E-state index in [0.717, 1.165) is 5.03 Å². The zero-order valence-corrected chi connectivity index (χ0v) is 24.3. The lowest BCUT2D eigenvalue weighted by molar-refractivity contribution is -0.128. The molecule has 0 aliphatic heterocycles. The number of pyridine rings is 1. The molecular formula is C27H37N5O6S2. The van der Waals surface area contributed by atoms with Crippen LogP contribution in [0.15, 0.2) is 53.7 Å². The predicted octanol–water partition coefficient (Wildman–Crippen LogP) is 3.73. The molecule has 11 nitrogen and oxygen atoms in total. The molecule has 1 heterocycles. The number of urea groups is 1. The highest BCUT2D eigenvalue weighted by Crippen LogP contribution is 2.28. The Kier molecular flexibility index (Phi) is 14.9. The number of carbonyl (C=O) groups excluding carboxylic acids is 4. The van der Waals surface area contributed by atoms with Gasteiger partial charge in [0, 0.05) is 36.5 Å². The van der Waals surface area contributed by atoms with E-state index in [1.54, 1.807) is 44.3 Å². The molecule has 2 atom stereocenters. The summed E-state index contributed by atoms with van der Waals surface area (Å²) in [4.78, 5) is 54.0. The van der Waals surface area contributed by atoms with Crippen molar-refractivity contribution in [2.24, 2.45) is 17.6 Å². The van der Waals surface area contributed by atoms with Crippen LogP contribution in [0.2, 0.25) is 0 Å². The van der Waals surface area contributed by atoms with Gasteiger partial charge in [-0.2, -0.15) is 0 Å². The van der Waals surface area contributed by atoms with Crippen LogP contribution < -0.4 is 21.7 Å². The number of alkyl carbamates (subject to hydrolysis) is 1. The van der Waals surface area contributed by atoms with E-state index in [2.05, 4.69) is 20.9 Å². The Balaban J connectivity index is 1.92. The fourth-order valence-electron chi connectivity index (χ4n) is 3.65. The first-order chi connectivity index (χ1) is 19.2. The highest BCUT2D eigenvalue weighted by molar-refractivity contribution is 8.76. The first kappa shape index (κ1) is 32.9. The van der Waals surface area contributed by atoms with Gasteiger partial charge in [0.1, 0.15) is 11.6 Å². The number of rotatable bonds is 17. The van der Waals surface area contributed by atoms with Gasteiger partial charge in [-0.1, -0.05) is 42.8 Å². The van der Waals surface area contributed by atoms with Crippen LogP contribution in [0.1, 0.15) is 38.7 Å². The van der Waals surface area contributed by atoms with Crippen LogP contribution in [0.5, 0.6) is 0 Å². The lowest BCUT2D eigenvalue weighted by Gasteiger charge is -2.23. The van der Waals surface area contributed by atoms with Crippen molar-refractivity contribution < 1.29 is 29.0 Å². The van der Waals surface area contributed by atoms with Gasteiger partial charge in [0.15, 0.2) is 5.78 Å². The number of nitrogens with zero attached hydrogens (tertiary/aromatic N) is 1. The zero-order valence-electron chi connectivity index (χ0n) is 22.6. The van der Waals surface area contributed by atoms with Crippen molar-refractivity contribution in [1.29, 1.82) is 0 Å². The molecule has 218 valence electrons. The number of hydrogen-bond acceptors (Lipinski definition) is 9. The van der Waals surface area contributed by atoms with Crippen LogP contribution in [0.4, 0.5) is 15.3 Å². The fourth-order valence-corrected chi connectivity index (χ4v) is 5.35. The number of aliphatic hydroxyl groups excluding tert-OH is 1. The van der Waals surface area contributed by atoms with Crippen LogP contribution in [0, 0.1) is 11.8 Å². The number of ether oxygens (including phenoxy) is 1. The molecule has 4 amide bonds. The predicted molar refractivity (Wildman–Crippen MR) is 157 cm³/mol. The Bertz CT molecular complexity index is 1090. The van der Waals surface area contributed by atoms with Crippen molar-refractivity contribution in [3.05, 3.63) is 54.2 Å². The Morgan fingerprint density at radius 3 is 2.48 bits per heavy atom. The van der Waals surface area contributed by atoms with Crippen molar-refractivity contribution in [1.82, 2.24) is 15.6 Å². The number of benzene rings is 1. The van der Waals surface area contributed by atoms with E-state index in [9.17, 15) is 24.3 Å². The van der Waals surface area contributed by atoms with Crippen LogP contribution in [0.25, 0.3) is 0 Å². The molecule has 0 saturated carbocycles. The minimum Gasteiger partial charge on any atom is -0.449 e. The fraction of sp³-hybridized carbons (Fsp3) is 0.444. The first-order valence-corrected chi connectivity index (χ1v) is 15.2. The van der Waals surface area contributed by atoms with Gasteiger partial charge in [0.2, 0.25) is 5.91 Å². The third kappa shape index (κ3) is 12.7. The first-order valence-electron chi connectivity index (χ1n) is 12.9. The van der Waals surface area contributed by atoms with Crippen molar-refractivity contribution in [3.8, 4) is 0 Å². The normalized spacial score (nSPS) is 12.3. The second-order valence-electron chi connectivity index (χ2n) is 9.22. The molecule has 13 heteroatoms. The van der Waals surface area contributed by atoms with E-state index < -0.39 is 24.1 Å². The summed E-state index contributed by atoms with van der Waals surface area (Å²) in [5.74, 6) is -1.07. The topological polar surface area (TPSA) is 173 Å². The van der Waals surface area contributed by atoms with E-state index in [1.807, 2.05) is 18.2 Å². The largest absolute Gasteiger partial charge is 0.449 e. The minimum atomic E-state index is -0.842. The van der Waals surface area contributed by atoms with Gasteiger partial charge in [-0.05, 0) is 59.4 Å². The molecule has 2 aromatic rings. The highest BCUT2D eigenvalue weighted by atomic mass is 33.1. The highest BCUT2D eigenvalue weighted by Gasteiger charge is 2.30. The molecule has 0 spiro atoms. The summed E-state index contributed by atoms with van der Waals surface area (Å²) < 4.78 is 5.26. The molecule has 0 saturated heterocycles. The average molecular weight is 592 g/mol. The number of ketones is 1. The number of Topliss-reactive ketones (excluding diaryl/α,β-unsaturated/α-hetero) is 1. The number of aromatic nitrogens is 1. The molecule has 1 aromatic heterocycles. The second-order valence-corrected chi connectivity index (χ2v) is 11.7. The number of aliphatic hydroxyl groups is 1. The summed E-state index contributed by atoms with van der Waals surface area (Å²) in [6.07, 6.45) is 1.63. The standard InChI is InChI=1S/C27H37N5O6S2/c1-18(2)24(32-27(37)38-14-15-39-40-23-7-3-4-12-29-23)22(34)16-20(6-5-13-30-26(28)36)25(35)31-21-10-8-19(17-33)9-11-21/h3-4,7-12,18,20,24,33H,5-6,13-17H2,1-2H3,(H,31,35)(H,32,37)(H3,28,30,36)/t20-,24+/m1/s1. The maximum atomic E-state index is 13.3. The SMILES string of the molecule is CC(C)[C@H](NC(=O)OCCSSc1ccccn1)C(=O)C[C@@H](CCCNC(N)=O)C(=O)Nc1ccc(CO)cc1. The molecule has 0 aliphatic rings. The van der Waals surface area contributed by atoms with Crippen molar-refractivity contribution >= 4 is 51.1 Å². The Labute approximate surface area is 242 Å². The molecule has 6 N–H and O–H groups in total. The second kappa shape index (κ2) is 18.1. The quantitative estimate of drug-likeness (QED) is 0.136. The third-order valence-electron chi connectivity index (χ3n) is 5.72. The summed E-state index contributed by atoms with van der Waals surface area (Å²) in [7, 11) is 2.97. The average Bonchev–Trinajstić information content (AvgIpc) is 2.93. The van der Waals surface area contributed by atoms with Gasteiger partial charge in [0.05, 0.1) is 12.6 Å². The number of amides is 4. The number of hydrogen-bond donors (Lipinski definition) is 5. The number of nitrogens with two attached hydrogens (primary N) is 1. The van der Waals surface area contributed by atoms with E-state index in [0.29, 0.717) is 29.8 Å². The summed E-state index contributed by atoms with van der Waals surface area (Å²) >= 11 is 0. The Morgan fingerprint density at radius 1 is 1.10 bits per heavy atom. The van der Waals surface area contributed by atoms with Gasteiger partial charge < -0.3 is 31.5 Å². The lowest BCUT2D eigenvalue weighted by Crippen LogP contribution is -2.46. The monoisotopic (exact) mass is 591 g/mol. The Hall–Kier alpha value is -3.29. The molecule has 0 radical (unpaired) electrons. The molecule has 0 bridgehead atoms. The zero-order chi connectivity index (χ0) is 29.3. The van der Waals surface area contributed by atoms with Gasteiger partial charge in [-0.25, -0.2) is 14.6 Å². The van der Waals surface area contributed by atoms with E-state index in [1.165, 1.54) is 21.6 Å².